The van der Waals surface area contributed by atoms with Crippen molar-refractivity contribution >= 4 is 5.78 Å². The largest absolute Gasteiger partial charge is 0.294 e. The van der Waals surface area contributed by atoms with Crippen molar-refractivity contribution in [3.63, 3.8) is 0 Å². The molecule has 0 bridgehead atoms. The van der Waals surface area contributed by atoms with Gasteiger partial charge >= 0.3 is 0 Å². The Morgan fingerprint density at radius 2 is 2.22 bits per heavy atom. The summed E-state index contributed by atoms with van der Waals surface area (Å²) in [5, 5.41) is 12.7. The third-order valence-electron chi connectivity index (χ3n) is 2.71. The molecule has 0 atom stereocenters. The van der Waals surface area contributed by atoms with Gasteiger partial charge in [-0.15, -0.1) is 0 Å². The highest BCUT2D eigenvalue weighted by Crippen LogP contribution is 2.17. The lowest BCUT2D eigenvalue weighted by atomic mass is 10.2. The molecule has 5 heteroatoms. The number of nitriles is 1. The normalized spacial score (nSPS) is 10.1. The Morgan fingerprint density at radius 3 is 2.72 bits per heavy atom. The van der Waals surface area contributed by atoms with Gasteiger partial charge in [-0.2, -0.15) is 10.4 Å². The first-order chi connectivity index (χ1) is 8.54. The molecule has 0 fully saturated rings. The molecule has 0 aliphatic carbocycles. The van der Waals surface area contributed by atoms with Gasteiger partial charge in [0.1, 0.15) is 11.9 Å². The SMILES string of the molecule is CC(=O)c1cnn(-c2ccc(C#N)c(F)c2)c1C. The van der Waals surface area contributed by atoms with Gasteiger partial charge in [0, 0.05) is 6.07 Å². The maximum atomic E-state index is 13.5. The number of benzene rings is 1. The lowest BCUT2D eigenvalue weighted by molar-refractivity contribution is 0.101. The van der Waals surface area contributed by atoms with Crippen LogP contribution in [0.15, 0.2) is 24.4 Å². The maximum Gasteiger partial charge on any atom is 0.163 e. The van der Waals surface area contributed by atoms with E-state index in [-0.39, 0.29) is 11.3 Å². The van der Waals surface area contributed by atoms with E-state index in [4.69, 9.17) is 5.26 Å². The Labute approximate surface area is 103 Å². The predicted molar refractivity (Wildman–Crippen MR) is 63.0 cm³/mol. The minimum absolute atomic E-state index is 0.0182. The summed E-state index contributed by atoms with van der Waals surface area (Å²) in [5.74, 6) is -0.692. The highest BCUT2D eigenvalue weighted by atomic mass is 19.1. The van der Waals surface area contributed by atoms with E-state index >= 15 is 0 Å². The summed E-state index contributed by atoms with van der Waals surface area (Å²) < 4.78 is 15.0. The number of carbonyl (C=O) groups excluding carboxylic acids is 1. The van der Waals surface area contributed by atoms with Crippen molar-refractivity contribution in [1.82, 2.24) is 9.78 Å². The average molecular weight is 243 g/mol. The van der Waals surface area contributed by atoms with E-state index in [1.54, 1.807) is 19.1 Å². The van der Waals surface area contributed by atoms with Crippen molar-refractivity contribution in [2.24, 2.45) is 0 Å². The number of rotatable bonds is 2. The van der Waals surface area contributed by atoms with Crippen molar-refractivity contribution in [3.05, 3.63) is 47.0 Å². The highest BCUT2D eigenvalue weighted by Gasteiger charge is 2.12. The van der Waals surface area contributed by atoms with Gasteiger partial charge in [0.25, 0.3) is 0 Å². The number of ketones is 1. The number of hydrogen-bond donors (Lipinski definition) is 0. The van der Waals surface area contributed by atoms with Crippen LogP contribution in [-0.4, -0.2) is 15.6 Å². The fourth-order valence-corrected chi connectivity index (χ4v) is 1.74. The molecular weight excluding hydrogens is 233 g/mol. The Bertz CT molecular complexity index is 667. The van der Waals surface area contributed by atoms with Gasteiger partial charge in [0.2, 0.25) is 0 Å². The molecule has 1 aromatic heterocycles. The lowest BCUT2D eigenvalue weighted by Gasteiger charge is -2.05. The van der Waals surface area contributed by atoms with E-state index in [1.807, 2.05) is 0 Å². The fraction of sp³-hybridized carbons (Fsp3) is 0.154. The summed E-state index contributed by atoms with van der Waals surface area (Å²) in [7, 11) is 0. The van der Waals surface area contributed by atoms with Crippen LogP contribution >= 0.6 is 0 Å². The lowest BCUT2D eigenvalue weighted by Crippen LogP contribution is -2.02. The Balaban J connectivity index is 2.53. The Kier molecular flexibility index (Phi) is 2.94. The monoisotopic (exact) mass is 243 g/mol. The molecule has 2 aromatic rings. The number of halogens is 1. The van der Waals surface area contributed by atoms with Crippen molar-refractivity contribution in [3.8, 4) is 11.8 Å². The third kappa shape index (κ3) is 1.89. The van der Waals surface area contributed by atoms with Crippen LogP contribution in [0.1, 0.15) is 28.5 Å². The molecule has 0 N–H and O–H groups in total. The number of Topliss-reactive ketones (excluding diaryl/α,β-unsaturated/α-hetero) is 1. The Morgan fingerprint density at radius 1 is 1.50 bits per heavy atom. The first kappa shape index (κ1) is 12.0. The molecule has 1 heterocycles. The summed E-state index contributed by atoms with van der Waals surface area (Å²) in [5.41, 5.74) is 1.61. The topological polar surface area (TPSA) is 58.7 Å². The predicted octanol–water partition coefficient (Wildman–Crippen LogP) is 2.39. The van der Waals surface area contributed by atoms with Crippen LogP contribution in [0.5, 0.6) is 0 Å². The second-order valence-corrected chi connectivity index (χ2v) is 3.89. The van der Waals surface area contributed by atoms with Gasteiger partial charge in [0.05, 0.1) is 28.7 Å². The molecule has 0 amide bonds. The number of nitrogens with zero attached hydrogens (tertiary/aromatic N) is 3. The van der Waals surface area contributed by atoms with Crippen molar-refractivity contribution in [2.75, 3.05) is 0 Å². The van der Waals surface area contributed by atoms with Crippen LogP contribution in [-0.2, 0) is 0 Å². The second kappa shape index (κ2) is 4.41. The van der Waals surface area contributed by atoms with Crippen molar-refractivity contribution in [2.45, 2.75) is 13.8 Å². The van der Waals surface area contributed by atoms with Crippen LogP contribution in [0.4, 0.5) is 4.39 Å². The molecule has 90 valence electrons. The minimum Gasteiger partial charge on any atom is -0.294 e. The van der Waals surface area contributed by atoms with Crippen LogP contribution in [0.2, 0.25) is 0 Å². The molecule has 18 heavy (non-hydrogen) atoms. The quantitative estimate of drug-likeness (QED) is 0.761. The first-order valence-electron chi connectivity index (χ1n) is 5.30. The number of hydrogen-bond acceptors (Lipinski definition) is 3. The molecule has 0 aliphatic heterocycles. The van der Waals surface area contributed by atoms with Crippen LogP contribution in [0.3, 0.4) is 0 Å². The summed E-state index contributed by atoms with van der Waals surface area (Å²) in [6.45, 7) is 3.19. The van der Waals surface area contributed by atoms with Crippen molar-refractivity contribution < 1.29 is 9.18 Å². The van der Waals surface area contributed by atoms with E-state index in [1.165, 1.54) is 29.9 Å². The van der Waals surface area contributed by atoms with Gasteiger partial charge in [0.15, 0.2) is 5.78 Å². The molecule has 2 rings (SSSR count). The van der Waals surface area contributed by atoms with E-state index in [0.717, 1.165) is 0 Å². The van der Waals surface area contributed by atoms with E-state index in [9.17, 15) is 9.18 Å². The van der Waals surface area contributed by atoms with E-state index < -0.39 is 5.82 Å². The van der Waals surface area contributed by atoms with Gasteiger partial charge in [-0.25, -0.2) is 9.07 Å². The van der Waals surface area contributed by atoms with E-state index in [0.29, 0.717) is 16.9 Å². The summed E-state index contributed by atoms with van der Waals surface area (Å²) >= 11 is 0. The molecule has 0 spiro atoms. The summed E-state index contributed by atoms with van der Waals surface area (Å²) in [4.78, 5) is 11.3. The molecule has 0 saturated heterocycles. The molecule has 4 nitrogen and oxygen atoms in total. The molecule has 1 aromatic carbocycles. The Hall–Kier alpha value is -2.48. The number of aromatic nitrogens is 2. The standard InChI is InChI=1S/C13H10FN3O/c1-8-12(9(2)18)7-16-17(8)11-4-3-10(6-15)13(14)5-11/h3-5,7H,1-2H3. The first-order valence-corrected chi connectivity index (χ1v) is 5.30. The van der Waals surface area contributed by atoms with Gasteiger partial charge in [-0.3, -0.25) is 4.79 Å². The molecular formula is C13H10FN3O. The zero-order chi connectivity index (χ0) is 13.3. The van der Waals surface area contributed by atoms with Crippen molar-refractivity contribution in [1.29, 1.82) is 5.26 Å². The third-order valence-corrected chi connectivity index (χ3v) is 2.71. The van der Waals surface area contributed by atoms with E-state index in [2.05, 4.69) is 5.10 Å². The second-order valence-electron chi connectivity index (χ2n) is 3.89. The fourth-order valence-electron chi connectivity index (χ4n) is 1.74. The average Bonchev–Trinajstić information content (AvgIpc) is 2.71. The maximum absolute atomic E-state index is 13.5. The van der Waals surface area contributed by atoms with Crippen LogP contribution < -0.4 is 0 Å². The zero-order valence-electron chi connectivity index (χ0n) is 9.94. The smallest absolute Gasteiger partial charge is 0.163 e. The van der Waals surface area contributed by atoms with Crippen LogP contribution in [0, 0.1) is 24.1 Å². The van der Waals surface area contributed by atoms with Gasteiger partial charge < -0.3 is 0 Å². The zero-order valence-corrected chi connectivity index (χ0v) is 9.94. The van der Waals surface area contributed by atoms with Crippen LogP contribution in [0.25, 0.3) is 5.69 Å². The molecule has 0 radical (unpaired) electrons. The van der Waals surface area contributed by atoms with Gasteiger partial charge in [-0.1, -0.05) is 0 Å². The molecule has 0 aliphatic rings. The highest BCUT2D eigenvalue weighted by molar-refractivity contribution is 5.95. The molecule has 0 unspecified atom stereocenters. The molecule has 0 saturated carbocycles. The van der Waals surface area contributed by atoms with Gasteiger partial charge in [-0.05, 0) is 26.0 Å². The summed E-state index contributed by atoms with van der Waals surface area (Å²) in [6, 6.07) is 5.95. The summed E-state index contributed by atoms with van der Waals surface area (Å²) in [6.07, 6.45) is 1.45. The minimum atomic E-state index is -0.603. The number of carbonyl (C=O) groups is 1.